The molecule has 96 valence electrons. The van der Waals surface area contributed by atoms with Crippen molar-refractivity contribution in [2.45, 2.75) is 32.0 Å². The Morgan fingerprint density at radius 3 is 2.29 bits per heavy atom. The van der Waals surface area contributed by atoms with Gasteiger partial charge in [0.1, 0.15) is 0 Å². The van der Waals surface area contributed by atoms with Gasteiger partial charge in [-0.15, -0.1) is 0 Å². The summed E-state index contributed by atoms with van der Waals surface area (Å²) in [6, 6.07) is 6.80. The van der Waals surface area contributed by atoms with Crippen LogP contribution in [-0.4, -0.2) is 18.8 Å². The lowest BCUT2D eigenvalue weighted by Crippen LogP contribution is -2.35. The van der Waals surface area contributed by atoms with Crippen LogP contribution in [0.15, 0.2) is 28.7 Å². The minimum absolute atomic E-state index is 0.390. The van der Waals surface area contributed by atoms with Gasteiger partial charge < -0.3 is 5.32 Å². The number of rotatable bonds is 5. The highest BCUT2D eigenvalue weighted by atomic mass is 79.9. The van der Waals surface area contributed by atoms with Gasteiger partial charge in [-0.3, -0.25) is 0 Å². The molecule has 17 heavy (non-hydrogen) atoms. The van der Waals surface area contributed by atoms with E-state index in [0.29, 0.717) is 13.0 Å². The largest absolute Gasteiger partial charge is 0.390 e. The van der Waals surface area contributed by atoms with Crippen LogP contribution in [0.25, 0.3) is 0 Å². The van der Waals surface area contributed by atoms with E-state index in [2.05, 4.69) is 21.2 Å². The van der Waals surface area contributed by atoms with Crippen LogP contribution < -0.4 is 5.32 Å². The highest BCUT2D eigenvalue weighted by molar-refractivity contribution is 9.10. The Morgan fingerprint density at radius 1 is 1.24 bits per heavy atom. The van der Waals surface area contributed by atoms with E-state index < -0.39 is 18.6 Å². The first-order valence-corrected chi connectivity index (χ1v) is 6.24. The van der Waals surface area contributed by atoms with Crippen LogP contribution in [0.4, 0.5) is 13.2 Å². The van der Waals surface area contributed by atoms with E-state index in [1.54, 1.807) is 0 Å². The van der Waals surface area contributed by atoms with E-state index in [1.165, 1.54) is 0 Å². The number of nitrogens with one attached hydrogen (secondary N) is 1. The number of halogens is 4. The molecule has 0 heterocycles. The first-order valence-electron chi connectivity index (χ1n) is 5.45. The topological polar surface area (TPSA) is 12.0 Å². The zero-order valence-corrected chi connectivity index (χ0v) is 11.1. The zero-order valence-electron chi connectivity index (χ0n) is 9.52. The molecule has 5 heteroatoms. The first-order chi connectivity index (χ1) is 7.90. The molecular weight excluding hydrogens is 295 g/mol. The molecule has 1 unspecified atom stereocenters. The normalized spacial score (nSPS) is 13.7. The quantitative estimate of drug-likeness (QED) is 0.869. The van der Waals surface area contributed by atoms with Gasteiger partial charge in [-0.05, 0) is 30.7 Å². The van der Waals surface area contributed by atoms with E-state index in [1.807, 2.05) is 31.2 Å². The Labute approximate surface area is 108 Å². The van der Waals surface area contributed by atoms with E-state index in [4.69, 9.17) is 0 Å². The molecule has 0 spiro atoms. The number of likely N-dealkylation sites (N-methyl/N-ethyl adjacent to an activating group) is 1. The van der Waals surface area contributed by atoms with Crippen molar-refractivity contribution in [1.29, 1.82) is 0 Å². The summed E-state index contributed by atoms with van der Waals surface area (Å²) in [6.45, 7) is 2.35. The Morgan fingerprint density at radius 2 is 1.82 bits per heavy atom. The summed E-state index contributed by atoms with van der Waals surface area (Å²) >= 11 is 3.30. The summed E-state index contributed by atoms with van der Waals surface area (Å²) in [5.41, 5.74) is 0.906. The van der Waals surface area contributed by atoms with Gasteiger partial charge in [0.2, 0.25) is 0 Å². The van der Waals surface area contributed by atoms with Crippen LogP contribution >= 0.6 is 15.9 Å². The molecule has 1 aromatic carbocycles. The highest BCUT2D eigenvalue weighted by Gasteiger charge is 2.31. The lowest BCUT2D eigenvalue weighted by Gasteiger charge is -2.19. The number of hydrogen-bond acceptors (Lipinski definition) is 1. The van der Waals surface area contributed by atoms with Gasteiger partial charge >= 0.3 is 6.18 Å². The molecule has 0 aliphatic rings. The standard InChI is InChI=1S/C12H15BrF3N/c1-2-17-11(8-12(14,15)16)7-9-3-5-10(13)6-4-9/h3-6,11,17H,2,7-8H2,1H3. The fourth-order valence-corrected chi connectivity index (χ4v) is 1.95. The molecule has 1 N–H and O–H groups in total. The minimum atomic E-state index is -4.12. The van der Waals surface area contributed by atoms with E-state index in [-0.39, 0.29) is 0 Å². The van der Waals surface area contributed by atoms with Crippen molar-refractivity contribution in [3.63, 3.8) is 0 Å². The van der Waals surface area contributed by atoms with Crippen LogP contribution in [0.3, 0.4) is 0 Å². The van der Waals surface area contributed by atoms with Gasteiger partial charge in [0, 0.05) is 10.5 Å². The smallest absolute Gasteiger partial charge is 0.314 e. The molecule has 1 rings (SSSR count). The van der Waals surface area contributed by atoms with Crippen molar-refractivity contribution in [1.82, 2.24) is 5.32 Å². The van der Waals surface area contributed by atoms with Crippen LogP contribution in [0.5, 0.6) is 0 Å². The Balaban J connectivity index is 2.63. The van der Waals surface area contributed by atoms with Crippen LogP contribution in [-0.2, 0) is 6.42 Å². The molecule has 0 saturated heterocycles. The summed E-state index contributed by atoms with van der Waals surface area (Å²) in [5, 5.41) is 2.87. The third-order valence-corrected chi connectivity index (χ3v) is 2.89. The fourth-order valence-electron chi connectivity index (χ4n) is 1.69. The molecule has 0 aromatic heterocycles. The predicted octanol–water partition coefficient (Wildman–Crippen LogP) is 3.92. The maximum atomic E-state index is 12.3. The molecule has 0 saturated carbocycles. The van der Waals surface area contributed by atoms with Crippen molar-refractivity contribution < 1.29 is 13.2 Å². The lowest BCUT2D eigenvalue weighted by molar-refractivity contribution is -0.139. The van der Waals surface area contributed by atoms with Crippen molar-refractivity contribution in [3.8, 4) is 0 Å². The molecule has 0 amide bonds. The Bertz CT molecular complexity index is 335. The minimum Gasteiger partial charge on any atom is -0.314 e. The first kappa shape index (κ1) is 14.5. The Kier molecular flexibility index (Phi) is 5.46. The van der Waals surface area contributed by atoms with Gasteiger partial charge in [0.15, 0.2) is 0 Å². The molecule has 0 fully saturated rings. The maximum Gasteiger partial charge on any atom is 0.390 e. The molecule has 0 aliphatic heterocycles. The fraction of sp³-hybridized carbons (Fsp3) is 0.500. The second kappa shape index (κ2) is 6.40. The average Bonchev–Trinajstić information content (AvgIpc) is 2.19. The molecule has 1 nitrogen and oxygen atoms in total. The van der Waals surface area contributed by atoms with Crippen LogP contribution in [0, 0.1) is 0 Å². The van der Waals surface area contributed by atoms with E-state index >= 15 is 0 Å². The third kappa shape index (κ3) is 6.07. The number of alkyl halides is 3. The second-order valence-corrected chi connectivity index (χ2v) is 4.82. The van der Waals surface area contributed by atoms with Crippen molar-refractivity contribution in [2.24, 2.45) is 0 Å². The van der Waals surface area contributed by atoms with Crippen LogP contribution in [0.2, 0.25) is 0 Å². The number of benzene rings is 1. The number of hydrogen-bond donors (Lipinski definition) is 1. The SMILES string of the molecule is CCNC(Cc1ccc(Br)cc1)CC(F)(F)F. The monoisotopic (exact) mass is 309 g/mol. The predicted molar refractivity (Wildman–Crippen MR) is 66.0 cm³/mol. The second-order valence-electron chi connectivity index (χ2n) is 3.90. The Hall–Kier alpha value is -0.550. The third-order valence-electron chi connectivity index (χ3n) is 2.37. The van der Waals surface area contributed by atoms with Gasteiger partial charge in [0.05, 0.1) is 6.42 Å². The van der Waals surface area contributed by atoms with Gasteiger partial charge in [-0.1, -0.05) is 35.0 Å². The average molecular weight is 310 g/mol. The summed E-state index contributed by atoms with van der Waals surface area (Å²) in [7, 11) is 0. The van der Waals surface area contributed by atoms with Crippen molar-refractivity contribution >= 4 is 15.9 Å². The van der Waals surface area contributed by atoms with Crippen molar-refractivity contribution in [2.75, 3.05) is 6.54 Å². The molecule has 0 radical (unpaired) electrons. The molecule has 1 atom stereocenters. The van der Waals surface area contributed by atoms with Gasteiger partial charge in [-0.2, -0.15) is 13.2 Å². The summed E-state index contributed by atoms with van der Waals surface area (Å²) < 4.78 is 38.0. The van der Waals surface area contributed by atoms with Gasteiger partial charge in [0.25, 0.3) is 0 Å². The maximum absolute atomic E-state index is 12.3. The molecule has 0 aliphatic carbocycles. The molecule has 1 aromatic rings. The van der Waals surface area contributed by atoms with Gasteiger partial charge in [-0.25, -0.2) is 0 Å². The zero-order chi connectivity index (χ0) is 12.9. The summed E-state index contributed by atoms with van der Waals surface area (Å²) in [6.07, 6.45) is -4.53. The lowest BCUT2D eigenvalue weighted by atomic mass is 10.0. The highest BCUT2D eigenvalue weighted by Crippen LogP contribution is 2.23. The summed E-state index contributed by atoms with van der Waals surface area (Å²) in [5.74, 6) is 0. The molecule has 0 bridgehead atoms. The van der Waals surface area contributed by atoms with E-state index in [0.717, 1.165) is 10.0 Å². The molecular formula is C12H15BrF3N. The van der Waals surface area contributed by atoms with Crippen LogP contribution in [0.1, 0.15) is 18.9 Å². The van der Waals surface area contributed by atoms with E-state index in [9.17, 15) is 13.2 Å². The van der Waals surface area contributed by atoms with Crippen molar-refractivity contribution in [3.05, 3.63) is 34.3 Å². The summed E-state index contributed by atoms with van der Waals surface area (Å²) in [4.78, 5) is 0.